The number of nitrogens with one attached hydrogen (secondary N) is 2. The molecule has 0 aliphatic heterocycles. The lowest BCUT2D eigenvalue weighted by atomic mass is 10.0. The Bertz CT molecular complexity index is 1580. The van der Waals surface area contributed by atoms with Gasteiger partial charge in [0.15, 0.2) is 0 Å². The first kappa shape index (κ1) is 29.7. The average molecular weight is 685 g/mol. The Morgan fingerprint density at radius 1 is 0.950 bits per heavy atom. The largest absolute Gasteiger partial charge is 0.488 e. The van der Waals surface area contributed by atoms with E-state index in [-0.39, 0.29) is 11.3 Å². The highest BCUT2D eigenvalue weighted by Crippen LogP contribution is 2.27. The van der Waals surface area contributed by atoms with Gasteiger partial charge in [0.2, 0.25) is 15.9 Å². The second kappa shape index (κ2) is 13.8. The maximum atomic E-state index is 13.0. The second-order valence-corrected chi connectivity index (χ2v) is 12.5. The molecule has 1 atom stereocenters. The van der Waals surface area contributed by atoms with Gasteiger partial charge in [0, 0.05) is 10.9 Å². The highest BCUT2D eigenvalue weighted by Gasteiger charge is 2.23. The second-order valence-electron chi connectivity index (χ2n) is 9.00. The molecule has 4 aromatic rings. The van der Waals surface area contributed by atoms with E-state index in [0.717, 1.165) is 25.6 Å². The minimum absolute atomic E-state index is 0.132. The minimum Gasteiger partial charge on any atom is -0.488 e. The number of sulfonamides is 1. The molecule has 0 fully saturated rings. The molecule has 1 amide bonds. The van der Waals surface area contributed by atoms with Crippen LogP contribution in [0.5, 0.6) is 5.75 Å². The number of aryl methyl sites for hydroxylation is 1. The zero-order chi connectivity index (χ0) is 28.5. The first-order valence-electron chi connectivity index (χ1n) is 12.3. The smallest absolute Gasteiger partial charge is 0.242 e. The van der Waals surface area contributed by atoms with Gasteiger partial charge < -0.3 is 4.74 Å². The summed E-state index contributed by atoms with van der Waals surface area (Å²) in [7, 11) is -3.85. The van der Waals surface area contributed by atoms with Gasteiger partial charge >= 0.3 is 0 Å². The maximum absolute atomic E-state index is 13.0. The van der Waals surface area contributed by atoms with Crippen LogP contribution in [0.25, 0.3) is 0 Å². The summed E-state index contributed by atoms with van der Waals surface area (Å²) in [4.78, 5) is 12.9. The summed E-state index contributed by atoms with van der Waals surface area (Å²) in [5, 5.41) is 4.06. The van der Waals surface area contributed by atoms with Gasteiger partial charge in [0.1, 0.15) is 12.4 Å². The molecule has 0 radical (unpaired) electrons. The predicted octanol–water partition coefficient (Wildman–Crippen LogP) is 6.66. The lowest BCUT2D eigenvalue weighted by Crippen LogP contribution is -2.32. The van der Waals surface area contributed by atoms with E-state index in [2.05, 4.69) is 47.1 Å². The highest BCUT2D eigenvalue weighted by atomic mass is 79.9. The van der Waals surface area contributed by atoms with Gasteiger partial charge in [-0.2, -0.15) is 5.10 Å². The van der Waals surface area contributed by atoms with E-state index in [0.29, 0.717) is 17.9 Å². The van der Waals surface area contributed by atoms with Crippen LogP contribution in [0.15, 0.2) is 116 Å². The maximum Gasteiger partial charge on any atom is 0.242 e. The van der Waals surface area contributed by atoms with Crippen molar-refractivity contribution >= 4 is 54.0 Å². The van der Waals surface area contributed by atoms with Crippen molar-refractivity contribution in [2.75, 3.05) is 0 Å². The van der Waals surface area contributed by atoms with Crippen LogP contribution < -0.4 is 14.9 Å². The molecule has 0 aliphatic rings. The summed E-state index contributed by atoms with van der Waals surface area (Å²) in [6.07, 6.45) is 1.37. The molecule has 10 heteroatoms. The normalized spacial score (nSPS) is 12.3. The molecule has 0 heterocycles. The third-order valence-electron chi connectivity index (χ3n) is 5.89. The molecule has 0 saturated carbocycles. The van der Waals surface area contributed by atoms with E-state index in [1.165, 1.54) is 6.21 Å². The lowest BCUT2D eigenvalue weighted by molar-refractivity contribution is -0.121. The third kappa shape index (κ3) is 8.59. The SMILES string of the molecule is Cc1ccc(S(=O)(=O)N[C@@H](CC(=O)N/N=C\c2ccc(OCc3ccc(Br)cc3)c(Br)c2)c2ccccc2)cc1. The van der Waals surface area contributed by atoms with E-state index in [1.807, 2.05) is 55.5 Å². The first-order chi connectivity index (χ1) is 19.2. The summed E-state index contributed by atoms with van der Waals surface area (Å²) < 4.78 is 36.3. The Balaban J connectivity index is 1.37. The van der Waals surface area contributed by atoms with Crippen LogP contribution in [-0.4, -0.2) is 20.5 Å². The van der Waals surface area contributed by atoms with Gasteiger partial charge in [0.25, 0.3) is 0 Å². The number of carbonyl (C=O) groups is 1. The van der Waals surface area contributed by atoms with E-state index in [9.17, 15) is 13.2 Å². The standard InChI is InChI=1S/C30H27Br2N3O4S/c1-21-7-14-26(15-8-21)40(37,38)35-28(24-5-3-2-4-6-24)18-30(36)34-33-19-23-11-16-29(27(32)17-23)39-20-22-9-12-25(31)13-10-22/h2-17,19,28,35H,18,20H2,1H3,(H,34,36)/b33-19-/t28-/m0/s1. The number of hydrogen-bond acceptors (Lipinski definition) is 5. The van der Waals surface area contributed by atoms with Crippen molar-refractivity contribution in [3.63, 3.8) is 0 Å². The number of nitrogens with zero attached hydrogens (tertiary/aromatic N) is 1. The Labute approximate surface area is 251 Å². The van der Waals surface area contributed by atoms with Crippen molar-refractivity contribution < 1.29 is 17.9 Å². The first-order valence-corrected chi connectivity index (χ1v) is 15.4. The van der Waals surface area contributed by atoms with E-state index < -0.39 is 22.0 Å². The quantitative estimate of drug-likeness (QED) is 0.136. The van der Waals surface area contributed by atoms with E-state index >= 15 is 0 Å². The molecule has 0 unspecified atom stereocenters. The van der Waals surface area contributed by atoms with Crippen molar-refractivity contribution in [2.24, 2.45) is 5.10 Å². The fourth-order valence-electron chi connectivity index (χ4n) is 3.75. The zero-order valence-corrected chi connectivity index (χ0v) is 25.5. The van der Waals surface area contributed by atoms with Crippen LogP contribution in [0.2, 0.25) is 0 Å². The van der Waals surface area contributed by atoms with Crippen molar-refractivity contribution in [1.82, 2.24) is 10.1 Å². The fraction of sp³-hybridized carbons (Fsp3) is 0.133. The topological polar surface area (TPSA) is 96.9 Å². The highest BCUT2D eigenvalue weighted by molar-refractivity contribution is 9.10. The third-order valence-corrected chi connectivity index (χ3v) is 8.52. The van der Waals surface area contributed by atoms with Crippen LogP contribution in [0.1, 0.15) is 34.7 Å². The summed E-state index contributed by atoms with van der Waals surface area (Å²) in [5.41, 5.74) is 5.89. The fourth-order valence-corrected chi connectivity index (χ4v) is 5.75. The molecular formula is C30H27Br2N3O4S. The number of benzene rings is 4. The summed E-state index contributed by atoms with van der Waals surface area (Å²) in [5.74, 6) is 0.237. The Kier molecular flexibility index (Phi) is 10.3. The number of carbonyl (C=O) groups excluding carboxylic acids is 1. The Morgan fingerprint density at radius 3 is 2.33 bits per heavy atom. The molecule has 2 N–H and O–H groups in total. The molecule has 4 rings (SSSR count). The van der Waals surface area contributed by atoms with Crippen LogP contribution in [0.3, 0.4) is 0 Å². The summed E-state index contributed by atoms with van der Waals surface area (Å²) >= 11 is 6.94. The molecule has 0 spiro atoms. The van der Waals surface area contributed by atoms with E-state index in [4.69, 9.17) is 4.74 Å². The minimum atomic E-state index is -3.85. The van der Waals surface area contributed by atoms with Crippen molar-refractivity contribution in [3.05, 3.63) is 128 Å². The number of rotatable bonds is 11. The molecule has 0 aromatic heterocycles. The summed E-state index contributed by atoms with van der Waals surface area (Å²) in [6, 6.07) is 28.1. The number of hydrogen-bond donors (Lipinski definition) is 2. The molecule has 0 saturated heterocycles. The van der Waals surface area contributed by atoms with Crippen molar-refractivity contribution in [2.45, 2.75) is 30.9 Å². The summed E-state index contributed by atoms with van der Waals surface area (Å²) in [6.45, 7) is 2.30. The van der Waals surface area contributed by atoms with Gasteiger partial charge in [-0.1, -0.05) is 76.1 Å². The molecule has 40 heavy (non-hydrogen) atoms. The zero-order valence-electron chi connectivity index (χ0n) is 21.6. The number of amides is 1. The molecule has 0 bridgehead atoms. The van der Waals surface area contributed by atoms with Crippen LogP contribution >= 0.6 is 31.9 Å². The Morgan fingerprint density at radius 2 is 1.65 bits per heavy atom. The number of ether oxygens (including phenoxy) is 1. The molecule has 0 aliphatic carbocycles. The number of halogens is 2. The van der Waals surface area contributed by atoms with E-state index in [1.54, 1.807) is 48.5 Å². The van der Waals surface area contributed by atoms with Crippen molar-refractivity contribution in [1.29, 1.82) is 0 Å². The van der Waals surface area contributed by atoms with Crippen LogP contribution in [-0.2, 0) is 21.4 Å². The van der Waals surface area contributed by atoms with Gasteiger partial charge in [-0.05, 0) is 82.0 Å². The molecule has 206 valence electrons. The van der Waals surface area contributed by atoms with Gasteiger partial charge in [-0.3, -0.25) is 4.79 Å². The predicted molar refractivity (Wildman–Crippen MR) is 164 cm³/mol. The molecular weight excluding hydrogens is 658 g/mol. The van der Waals surface area contributed by atoms with Gasteiger partial charge in [-0.15, -0.1) is 0 Å². The van der Waals surface area contributed by atoms with Crippen molar-refractivity contribution in [3.8, 4) is 5.75 Å². The monoisotopic (exact) mass is 683 g/mol. The lowest BCUT2D eigenvalue weighted by Gasteiger charge is -2.18. The van der Waals surface area contributed by atoms with Gasteiger partial charge in [-0.25, -0.2) is 18.6 Å². The average Bonchev–Trinajstić information content (AvgIpc) is 2.94. The Hall–Kier alpha value is -3.31. The molecule has 7 nitrogen and oxygen atoms in total. The van der Waals surface area contributed by atoms with Gasteiger partial charge in [0.05, 0.1) is 21.6 Å². The van der Waals surface area contributed by atoms with Crippen LogP contribution in [0, 0.1) is 6.92 Å². The van der Waals surface area contributed by atoms with Crippen LogP contribution in [0.4, 0.5) is 0 Å². The molecule has 4 aromatic carbocycles. The number of hydrazone groups is 1.